The van der Waals surface area contributed by atoms with Crippen molar-refractivity contribution in [3.05, 3.63) is 60.7 Å². The molecule has 0 aliphatic carbocycles. The lowest BCUT2D eigenvalue weighted by Gasteiger charge is -2.09. The van der Waals surface area contributed by atoms with Crippen LogP contribution in [-0.2, 0) is 0 Å². The van der Waals surface area contributed by atoms with Gasteiger partial charge in [0.2, 0.25) is 0 Å². The molecular weight excluding hydrogens is 252 g/mol. The largest absolute Gasteiger partial charge is 0.507 e. The molecule has 0 spiro atoms. The van der Waals surface area contributed by atoms with Crippen molar-refractivity contribution in [2.75, 3.05) is 6.26 Å². The molecular formula is C17H14OS. The van der Waals surface area contributed by atoms with Crippen LogP contribution in [0.15, 0.2) is 65.6 Å². The molecule has 0 amide bonds. The lowest BCUT2D eigenvalue weighted by molar-refractivity contribution is 0.464. The van der Waals surface area contributed by atoms with E-state index in [0.29, 0.717) is 5.75 Å². The summed E-state index contributed by atoms with van der Waals surface area (Å²) in [6, 6.07) is 20.4. The SMILES string of the molecule is CSc1c(O)ccc2ccc(-c3ccccc3)cc12. The van der Waals surface area contributed by atoms with Crippen LogP contribution >= 0.6 is 11.8 Å². The molecule has 0 bridgehead atoms. The maximum absolute atomic E-state index is 9.95. The fraction of sp³-hybridized carbons (Fsp3) is 0.0588. The summed E-state index contributed by atoms with van der Waals surface area (Å²) in [5, 5.41) is 12.2. The van der Waals surface area contributed by atoms with Gasteiger partial charge in [-0.1, -0.05) is 48.5 Å². The normalized spacial score (nSPS) is 10.8. The first-order valence-electron chi connectivity index (χ1n) is 6.15. The highest BCUT2D eigenvalue weighted by Crippen LogP contribution is 2.36. The van der Waals surface area contributed by atoms with Crippen LogP contribution in [0, 0.1) is 0 Å². The van der Waals surface area contributed by atoms with Gasteiger partial charge < -0.3 is 5.11 Å². The maximum Gasteiger partial charge on any atom is 0.129 e. The third-order valence-corrected chi connectivity index (χ3v) is 4.10. The molecule has 0 aromatic heterocycles. The number of hydrogen-bond donors (Lipinski definition) is 1. The highest BCUT2D eigenvalue weighted by molar-refractivity contribution is 7.99. The number of phenols is 1. The van der Waals surface area contributed by atoms with E-state index in [-0.39, 0.29) is 0 Å². The number of rotatable bonds is 2. The number of benzene rings is 3. The highest BCUT2D eigenvalue weighted by atomic mass is 32.2. The van der Waals surface area contributed by atoms with Gasteiger partial charge in [0.15, 0.2) is 0 Å². The van der Waals surface area contributed by atoms with E-state index < -0.39 is 0 Å². The summed E-state index contributed by atoms with van der Waals surface area (Å²) < 4.78 is 0. The van der Waals surface area contributed by atoms with Gasteiger partial charge in [0.25, 0.3) is 0 Å². The Balaban J connectivity index is 2.25. The Labute approximate surface area is 116 Å². The van der Waals surface area contributed by atoms with Crippen LogP contribution in [-0.4, -0.2) is 11.4 Å². The van der Waals surface area contributed by atoms with Crippen LogP contribution in [0.5, 0.6) is 5.75 Å². The van der Waals surface area contributed by atoms with Crippen LogP contribution in [0.1, 0.15) is 0 Å². The standard InChI is InChI=1S/C17H14OS/c1-19-17-15-11-14(12-5-3-2-4-6-12)8-7-13(15)9-10-16(17)18/h2-11,18H,1H3. The minimum absolute atomic E-state index is 0.352. The van der Waals surface area contributed by atoms with E-state index in [2.05, 4.69) is 30.3 Å². The van der Waals surface area contributed by atoms with Gasteiger partial charge in [0, 0.05) is 0 Å². The molecule has 0 heterocycles. The zero-order chi connectivity index (χ0) is 13.2. The topological polar surface area (TPSA) is 20.2 Å². The van der Waals surface area contributed by atoms with Crippen molar-refractivity contribution in [1.82, 2.24) is 0 Å². The number of hydrogen-bond acceptors (Lipinski definition) is 2. The fourth-order valence-corrected chi connectivity index (χ4v) is 2.98. The number of fused-ring (bicyclic) bond motifs is 1. The van der Waals surface area contributed by atoms with Crippen molar-refractivity contribution in [2.24, 2.45) is 0 Å². The molecule has 3 aromatic carbocycles. The lowest BCUT2D eigenvalue weighted by atomic mass is 10.0. The number of aromatic hydroxyl groups is 1. The quantitative estimate of drug-likeness (QED) is 0.663. The molecule has 94 valence electrons. The molecule has 0 atom stereocenters. The Morgan fingerprint density at radius 2 is 1.58 bits per heavy atom. The van der Waals surface area contributed by atoms with E-state index in [0.717, 1.165) is 15.7 Å². The summed E-state index contributed by atoms with van der Waals surface area (Å²) in [6.45, 7) is 0. The van der Waals surface area contributed by atoms with E-state index in [1.54, 1.807) is 17.8 Å². The van der Waals surface area contributed by atoms with Gasteiger partial charge in [0.1, 0.15) is 5.75 Å². The third kappa shape index (κ3) is 2.20. The first kappa shape index (κ1) is 12.1. The van der Waals surface area contributed by atoms with E-state index in [9.17, 15) is 5.11 Å². The summed E-state index contributed by atoms with van der Waals surface area (Å²) in [7, 11) is 0. The van der Waals surface area contributed by atoms with Crippen molar-refractivity contribution in [2.45, 2.75) is 4.90 Å². The first-order valence-corrected chi connectivity index (χ1v) is 7.37. The monoisotopic (exact) mass is 266 g/mol. The second-order valence-electron chi connectivity index (χ2n) is 4.42. The van der Waals surface area contributed by atoms with Gasteiger partial charge in [-0.2, -0.15) is 0 Å². The molecule has 3 aromatic rings. The van der Waals surface area contributed by atoms with Gasteiger partial charge in [-0.3, -0.25) is 0 Å². The Bertz CT molecular complexity index is 720. The van der Waals surface area contributed by atoms with Gasteiger partial charge in [-0.15, -0.1) is 11.8 Å². The predicted molar refractivity (Wildman–Crippen MR) is 82.8 cm³/mol. The van der Waals surface area contributed by atoms with E-state index in [1.165, 1.54) is 11.1 Å². The first-order chi connectivity index (χ1) is 9.29. The summed E-state index contributed by atoms with van der Waals surface area (Å²) in [4.78, 5) is 0.940. The van der Waals surface area contributed by atoms with Crippen LogP contribution in [0.4, 0.5) is 0 Å². The molecule has 1 N–H and O–H groups in total. The van der Waals surface area contributed by atoms with Gasteiger partial charge in [0.05, 0.1) is 4.90 Å². The van der Waals surface area contributed by atoms with Crippen molar-refractivity contribution < 1.29 is 5.11 Å². The highest BCUT2D eigenvalue weighted by Gasteiger charge is 2.07. The third-order valence-electron chi connectivity index (χ3n) is 3.26. The van der Waals surface area contributed by atoms with E-state index in [4.69, 9.17) is 0 Å². The van der Waals surface area contributed by atoms with Crippen molar-refractivity contribution in [1.29, 1.82) is 0 Å². The number of thioether (sulfide) groups is 1. The van der Waals surface area contributed by atoms with E-state index in [1.807, 2.05) is 30.5 Å². The second kappa shape index (κ2) is 4.98. The average Bonchev–Trinajstić information content (AvgIpc) is 2.47. The second-order valence-corrected chi connectivity index (χ2v) is 5.24. The van der Waals surface area contributed by atoms with Crippen LogP contribution in [0.25, 0.3) is 21.9 Å². The fourth-order valence-electron chi connectivity index (χ4n) is 2.31. The van der Waals surface area contributed by atoms with Gasteiger partial charge in [-0.25, -0.2) is 0 Å². The summed E-state index contributed by atoms with van der Waals surface area (Å²) in [5.74, 6) is 0.352. The zero-order valence-electron chi connectivity index (χ0n) is 10.6. The molecule has 0 radical (unpaired) electrons. The van der Waals surface area contributed by atoms with E-state index >= 15 is 0 Å². The Morgan fingerprint density at radius 3 is 2.32 bits per heavy atom. The average molecular weight is 266 g/mol. The maximum atomic E-state index is 9.95. The molecule has 0 aliphatic rings. The Hall–Kier alpha value is -1.93. The number of phenolic OH excluding ortho intramolecular Hbond substituents is 1. The van der Waals surface area contributed by atoms with Crippen LogP contribution < -0.4 is 0 Å². The molecule has 0 aliphatic heterocycles. The van der Waals surface area contributed by atoms with Crippen molar-refractivity contribution in [3.63, 3.8) is 0 Å². The Kier molecular flexibility index (Phi) is 3.18. The molecule has 0 saturated carbocycles. The smallest absolute Gasteiger partial charge is 0.129 e. The summed E-state index contributed by atoms with van der Waals surface area (Å²) >= 11 is 1.58. The molecule has 19 heavy (non-hydrogen) atoms. The van der Waals surface area contributed by atoms with Gasteiger partial charge in [-0.05, 0) is 40.3 Å². The Morgan fingerprint density at radius 1 is 0.842 bits per heavy atom. The summed E-state index contributed by atoms with van der Waals surface area (Å²) in [6.07, 6.45) is 1.99. The van der Waals surface area contributed by atoms with Crippen molar-refractivity contribution in [3.8, 4) is 16.9 Å². The minimum Gasteiger partial charge on any atom is -0.507 e. The van der Waals surface area contributed by atoms with Crippen LogP contribution in [0.2, 0.25) is 0 Å². The summed E-state index contributed by atoms with van der Waals surface area (Å²) in [5.41, 5.74) is 2.37. The molecule has 0 saturated heterocycles. The van der Waals surface area contributed by atoms with Gasteiger partial charge >= 0.3 is 0 Å². The minimum atomic E-state index is 0.352. The zero-order valence-corrected chi connectivity index (χ0v) is 11.4. The lowest BCUT2D eigenvalue weighted by Crippen LogP contribution is -1.82. The molecule has 0 unspecified atom stereocenters. The van der Waals surface area contributed by atoms with Crippen LogP contribution in [0.3, 0.4) is 0 Å². The molecule has 3 rings (SSSR count). The predicted octanol–water partition coefficient (Wildman–Crippen LogP) is 4.93. The van der Waals surface area contributed by atoms with Crippen molar-refractivity contribution >= 4 is 22.5 Å². The molecule has 2 heteroatoms. The molecule has 0 fully saturated rings. The molecule has 1 nitrogen and oxygen atoms in total.